The van der Waals surface area contributed by atoms with Gasteiger partial charge in [0.1, 0.15) is 0 Å². The van der Waals surface area contributed by atoms with Gasteiger partial charge in [0.25, 0.3) is 29.8 Å². The molecule has 0 aromatic carbocycles. The smallest absolute Gasteiger partial charge is 0.300 e. The van der Waals surface area contributed by atoms with Crippen LogP contribution in [0.4, 0.5) is 0 Å². The highest BCUT2D eigenvalue weighted by Crippen LogP contribution is 1.75. The predicted molar refractivity (Wildman–Crippen MR) is 116 cm³/mol. The van der Waals surface area contributed by atoms with Crippen molar-refractivity contribution in [2.24, 2.45) is 10.8 Å². The largest absolute Gasteiger partial charge is 0.481 e. The van der Waals surface area contributed by atoms with Gasteiger partial charge in [0.15, 0.2) is 0 Å². The topological polar surface area (TPSA) is 249 Å². The van der Waals surface area contributed by atoms with Crippen molar-refractivity contribution in [3.05, 3.63) is 0 Å². The van der Waals surface area contributed by atoms with Crippen molar-refractivity contribution in [1.82, 2.24) is 10.7 Å². The van der Waals surface area contributed by atoms with Gasteiger partial charge in [-0.1, -0.05) is 0 Å². The summed E-state index contributed by atoms with van der Waals surface area (Å²) < 4.78 is 0. The summed E-state index contributed by atoms with van der Waals surface area (Å²) in [6.07, 6.45) is 0. The lowest BCUT2D eigenvalue weighted by atomic mass is 10.3. The van der Waals surface area contributed by atoms with E-state index in [4.69, 9.17) is 55.2 Å². The number of hydrogen-bond acceptors (Lipinski definition) is 10. The first-order valence-electron chi connectivity index (χ1n) is 8.18. The van der Waals surface area contributed by atoms with Crippen LogP contribution in [0, 0.1) is 0 Å². The molecule has 9 N–H and O–H groups in total. The molecule has 0 aliphatic heterocycles. The molecule has 0 aromatic heterocycles. The summed E-state index contributed by atoms with van der Waals surface area (Å²) in [6.45, 7) is 9.68. The van der Waals surface area contributed by atoms with Gasteiger partial charge >= 0.3 is 0 Å². The molecular formula is C16H34N4O10S. The Bertz CT molecular complexity index is 437. The van der Waals surface area contributed by atoms with Crippen molar-refractivity contribution in [2.45, 2.75) is 47.6 Å². The van der Waals surface area contributed by atoms with Gasteiger partial charge in [0.2, 0.25) is 0 Å². The number of aliphatic carboxylic acids is 5. The van der Waals surface area contributed by atoms with Crippen LogP contribution in [0.5, 0.6) is 0 Å². The van der Waals surface area contributed by atoms with Crippen LogP contribution < -0.4 is 16.5 Å². The molecule has 1 unspecified atom stereocenters. The Morgan fingerprint density at radius 2 is 1.10 bits per heavy atom. The fourth-order valence-corrected chi connectivity index (χ4v) is 0.681. The zero-order chi connectivity index (χ0) is 26.4. The van der Waals surface area contributed by atoms with Crippen molar-refractivity contribution < 1.29 is 49.5 Å². The molecule has 0 heterocycles. The Morgan fingerprint density at radius 1 is 0.839 bits per heavy atom. The summed E-state index contributed by atoms with van der Waals surface area (Å²) in [5, 5.41) is 46.1. The van der Waals surface area contributed by atoms with Gasteiger partial charge in [-0.2, -0.15) is 0 Å². The molecule has 0 saturated carbocycles. The predicted octanol–water partition coefficient (Wildman–Crippen LogP) is -0.0149. The van der Waals surface area contributed by atoms with Gasteiger partial charge in [-0.3, -0.25) is 29.4 Å². The van der Waals surface area contributed by atoms with Gasteiger partial charge < -0.3 is 36.6 Å². The number of nitrogens with one attached hydrogen (secondary N) is 2. The molecule has 0 rings (SSSR count). The maximum atomic E-state index is 9.00. The Morgan fingerprint density at radius 3 is 1.29 bits per heavy atom. The second-order valence-electron chi connectivity index (χ2n) is 4.80. The van der Waals surface area contributed by atoms with Gasteiger partial charge in [-0.15, -0.1) is 5.10 Å². The first kappa shape index (κ1) is 42.1. The van der Waals surface area contributed by atoms with Crippen molar-refractivity contribution >= 4 is 47.2 Å². The molecule has 0 saturated heterocycles. The second kappa shape index (κ2) is 37.6. The monoisotopic (exact) mass is 474 g/mol. The van der Waals surface area contributed by atoms with E-state index in [1.54, 1.807) is 0 Å². The minimum atomic E-state index is -0.833. The average Bonchev–Trinajstić information content (AvgIpc) is 2.50. The number of nitrogens with zero attached hydrogens (tertiary/aromatic N) is 1. The maximum Gasteiger partial charge on any atom is 0.300 e. The third-order valence-electron chi connectivity index (χ3n) is 1.16. The molecule has 0 amide bonds. The molecule has 15 heteroatoms. The number of carbonyl (C=O) groups is 5. The second-order valence-corrected chi connectivity index (χ2v) is 4.99. The van der Waals surface area contributed by atoms with Gasteiger partial charge in [0.05, 0.1) is 5.16 Å². The van der Waals surface area contributed by atoms with E-state index in [9.17, 15) is 0 Å². The van der Waals surface area contributed by atoms with Crippen LogP contribution in [0.2, 0.25) is 0 Å². The number of carboxylic acids is 5. The van der Waals surface area contributed by atoms with Gasteiger partial charge in [0, 0.05) is 60.3 Å². The normalized spacial score (nSPS) is 8.23. The minimum absolute atomic E-state index is 0.352. The molecule has 0 aliphatic carbocycles. The Labute approximate surface area is 186 Å². The first-order chi connectivity index (χ1) is 14.0. The Hall–Kier alpha value is -3.13. The molecule has 14 nitrogen and oxygen atoms in total. The molecule has 0 aliphatic rings. The molecule has 0 bridgehead atoms. The first-order valence-corrected chi connectivity index (χ1v) is 8.59. The van der Waals surface area contributed by atoms with Crippen LogP contribution >= 0.6 is 12.2 Å². The van der Waals surface area contributed by atoms with E-state index in [1.165, 1.54) is 0 Å². The number of hydrogen-bond donors (Lipinski definition) is 8. The molecular weight excluding hydrogens is 440 g/mol. The van der Waals surface area contributed by atoms with Crippen molar-refractivity contribution in [3.63, 3.8) is 0 Å². The molecule has 0 aromatic rings. The molecule has 0 fully saturated rings. The number of carboxylic acid groups (broad SMARTS) is 5. The minimum Gasteiger partial charge on any atom is -0.481 e. The van der Waals surface area contributed by atoms with Gasteiger partial charge in [-0.25, -0.2) is 0 Å². The lowest BCUT2D eigenvalue weighted by Crippen LogP contribution is -2.37. The fraction of sp³-hybridized carbons (Fsp3) is 0.625. The summed E-state index contributed by atoms with van der Waals surface area (Å²) in [4.78, 5) is 45.0. The lowest BCUT2D eigenvalue weighted by Gasteiger charge is -2.11. The molecule has 1 atom stereocenters. The fourth-order valence-electron chi connectivity index (χ4n) is 0.617. The van der Waals surface area contributed by atoms with E-state index in [0.29, 0.717) is 12.6 Å². The number of rotatable bonds is 6. The Kier molecular flexibility index (Phi) is 51.0. The van der Waals surface area contributed by atoms with Crippen LogP contribution in [-0.2, 0) is 24.0 Å². The number of thiocarbonyl (C=S) groups is 1. The van der Waals surface area contributed by atoms with Crippen molar-refractivity contribution in [3.8, 4) is 0 Å². The molecule has 184 valence electrons. The summed E-state index contributed by atoms with van der Waals surface area (Å²) in [5.41, 5.74) is 8.05. The zero-order valence-corrected chi connectivity index (χ0v) is 19.2. The number of isothiocyanates is 1. The third kappa shape index (κ3) is 482. The standard InChI is InChI=1S/C6H14N4S.5C2H4O2/c1-6(8-3-2-7)4-9-10-5-11;5*1-2(3)4/h6,8-9H,2-4,7H2,1H3;5*1H3,(H,3,4). The van der Waals surface area contributed by atoms with E-state index in [-0.39, 0.29) is 0 Å². The van der Waals surface area contributed by atoms with Crippen LogP contribution in [0.15, 0.2) is 5.10 Å². The van der Waals surface area contributed by atoms with E-state index in [2.05, 4.69) is 33.2 Å². The Balaban J connectivity index is -0.0000000660. The SMILES string of the molecule is CC(=O)O.CC(=O)O.CC(=O)O.CC(=O)O.CC(=O)O.CC(CNN=C=S)NCCN. The summed E-state index contributed by atoms with van der Waals surface area (Å²) in [5.74, 6) is -4.17. The molecule has 0 radical (unpaired) electrons. The summed E-state index contributed by atoms with van der Waals surface area (Å²) in [6, 6.07) is 0.352. The van der Waals surface area contributed by atoms with Crippen LogP contribution in [-0.4, -0.2) is 86.2 Å². The quantitative estimate of drug-likeness (QED) is 0.143. The molecule has 0 spiro atoms. The highest BCUT2D eigenvalue weighted by Gasteiger charge is 1.96. The van der Waals surface area contributed by atoms with Crippen molar-refractivity contribution in [1.29, 1.82) is 0 Å². The number of nitrogens with two attached hydrogens (primary N) is 1. The summed E-state index contributed by atoms with van der Waals surface area (Å²) in [7, 11) is 0. The van der Waals surface area contributed by atoms with E-state index >= 15 is 0 Å². The van der Waals surface area contributed by atoms with Crippen LogP contribution in [0.25, 0.3) is 0 Å². The molecule has 31 heavy (non-hydrogen) atoms. The van der Waals surface area contributed by atoms with E-state index in [0.717, 1.165) is 47.7 Å². The van der Waals surface area contributed by atoms with E-state index in [1.807, 2.05) is 6.92 Å². The summed E-state index contributed by atoms with van der Waals surface area (Å²) >= 11 is 4.37. The number of hydrazone groups is 1. The highest BCUT2D eigenvalue weighted by molar-refractivity contribution is 7.78. The van der Waals surface area contributed by atoms with Crippen molar-refractivity contribution in [2.75, 3.05) is 19.6 Å². The lowest BCUT2D eigenvalue weighted by molar-refractivity contribution is -0.135. The maximum absolute atomic E-state index is 9.00. The van der Waals surface area contributed by atoms with Gasteiger partial charge in [-0.05, 0) is 19.1 Å². The van der Waals surface area contributed by atoms with Crippen LogP contribution in [0.1, 0.15) is 41.5 Å². The van der Waals surface area contributed by atoms with E-state index < -0.39 is 29.8 Å². The van der Waals surface area contributed by atoms with Crippen LogP contribution in [0.3, 0.4) is 0 Å². The zero-order valence-electron chi connectivity index (χ0n) is 18.4. The highest BCUT2D eigenvalue weighted by atomic mass is 32.1. The average molecular weight is 475 g/mol. The third-order valence-corrected chi connectivity index (χ3v) is 1.25.